The Kier molecular flexibility index (Phi) is 5.29. The molecule has 0 spiro atoms. The van der Waals surface area contributed by atoms with Gasteiger partial charge in [0, 0.05) is 18.1 Å². The lowest BCUT2D eigenvalue weighted by Gasteiger charge is -2.15. The van der Waals surface area contributed by atoms with Crippen LogP contribution in [0.15, 0.2) is 14.3 Å². The van der Waals surface area contributed by atoms with Crippen molar-refractivity contribution < 1.29 is 4.79 Å². The zero-order chi connectivity index (χ0) is 11.4. The summed E-state index contributed by atoms with van der Waals surface area (Å²) >= 11 is 8.23. The van der Waals surface area contributed by atoms with Crippen LogP contribution in [-0.2, 0) is 0 Å². The van der Waals surface area contributed by atoms with Crippen molar-refractivity contribution in [1.29, 1.82) is 0 Å². The van der Waals surface area contributed by atoms with Crippen LogP contribution in [0.25, 0.3) is 0 Å². The van der Waals surface area contributed by atoms with Crippen molar-refractivity contribution in [2.75, 3.05) is 13.6 Å². The molecule has 0 fully saturated rings. The lowest BCUT2D eigenvalue weighted by Crippen LogP contribution is -2.26. The number of rotatable bonds is 4. The Morgan fingerprint density at radius 2 is 2.20 bits per heavy atom. The van der Waals surface area contributed by atoms with Gasteiger partial charge >= 0.3 is 0 Å². The first-order valence-corrected chi connectivity index (χ1v) is 7.16. The molecule has 0 radical (unpaired) electrons. The highest BCUT2D eigenvalue weighted by atomic mass is 79.9. The van der Waals surface area contributed by atoms with Crippen LogP contribution in [0.5, 0.6) is 0 Å². The number of unbranched alkanes of at least 4 members (excludes halogenated alkanes) is 1. The van der Waals surface area contributed by atoms with Gasteiger partial charge in [0.25, 0.3) is 5.91 Å². The van der Waals surface area contributed by atoms with Crippen LogP contribution in [0.4, 0.5) is 0 Å². The molecule has 0 aliphatic rings. The largest absolute Gasteiger partial charge is 0.341 e. The van der Waals surface area contributed by atoms with E-state index in [0.717, 1.165) is 32.5 Å². The summed E-state index contributed by atoms with van der Waals surface area (Å²) in [7, 11) is 1.85. The lowest BCUT2D eigenvalue weighted by atomic mass is 10.3. The van der Waals surface area contributed by atoms with Gasteiger partial charge in [0.05, 0.1) is 8.66 Å². The minimum atomic E-state index is 0.0971. The van der Waals surface area contributed by atoms with Crippen molar-refractivity contribution >= 4 is 49.1 Å². The Morgan fingerprint density at radius 1 is 1.53 bits per heavy atom. The molecule has 15 heavy (non-hydrogen) atoms. The van der Waals surface area contributed by atoms with E-state index < -0.39 is 0 Å². The topological polar surface area (TPSA) is 20.3 Å². The zero-order valence-corrected chi connectivity index (χ0v) is 12.7. The standard InChI is InChI=1S/C10H13Br2NOS/c1-3-4-5-13(2)10(14)8-6-7(11)9(12)15-8/h6H,3-5H2,1-2H3. The third-order valence-electron chi connectivity index (χ3n) is 2.05. The van der Waals surface area contributed by atoms with Gasteiger partial charge in [-0.05, 0) is 44.3 Å². The molecule has 0 aromatic carbocycles. The fourth-order valence-corrected chi connectivity index (χ4v) is 3.17. The van der Waals surface area contributed by atoms with Gasteiger partial charge in [0.2, 0.25) is 0 Å². The van der Waals surface area contributed by atoms with E-state index in [9.17, 15) is 4.79 Å². The first kappa shape index (κ1) is 13.2. The third kappa shape index (κ3) is 3.57. The fraction of sp³-hybridized carbons (Fsp3) is 0.500. The van der Waals surface area contributed by atoms with Crippen LogP contribution in [0, 0.1) is 0 Å². The fourth-order valence-electron chi connectivity index (χ4n) is 1.14. The van der Waals surface area contributed by atoms with Gasteiger partial charge in [0.1, 0.15) is 0 Å². The first-order chi connectivity index (χ1) is 7.06. The number of thiophene rings is 1. The minimum absolute atomic E-state index is 0.0971. The second-order valence-electron chi connectivity index (χ2n) is 3.31. The van der Waals surface area contributed by atoms with Crippen molar-refractivity contribution in [1.82, 2.24) is 4.90 Å². The van der Waals surface area contributed by atoms with Crippen molar-refractivity contribution in [2.45, 2.75) is 19.8 Å². The number of halogens is 2. The molecule has 1 aromatic heterocycles. The summed E-state index contributed by atoms with van der Waals surface area (Å²) in [6.07, 6.45) is 2.16. The monoisotopic (exact) mass is 353 g/mol. The smallest absolute Gasteiger partial charge is 0.263 e. The maximum Gasteiger partial charge on any atom is 0.263 e. The molecule has 0 saturated heterocycles. The molecule has 84 valence electrons. The van der Waals surface area contributed by atoms with Gasteiger partial charge in [0.15, 0.2) is 0 Å². The predicted octanol–water partition coefficient (Wildman–Crippen LogP) is 4.15. The van der Waals surface area contributed by atoms with Gasteiger partial charge < -0.3 is 4.90 Å². The Morgan fingerprint density at radius 3 is 2.67 bits per heavy atom. The molecule has 1 rings (SSSR count). The van der Waals surface area contributed by atoms with Gasteiger partial charge in [-0.3, -0.25) is 4.79 Å². The Labute approximate surface area is 111 Å². The molecular formula is C10H13Br2NOS. The Balaban J connectivity index is 2.67. The second-order valence-corrected chi connectivity index (χ2v) is 6.54. The molecule has 0 unspecified atom stereocenters. The van der Waals surface area contributed by atoms with E-state index in [0.29, 0.717) is 0 Å². The third-order valence-corrected chi connectivity index (χ3v) is 5.29. The van der Waals surface area contributed by atoms with Crippen molar-refractivity contribution in [3.05, 3.63) is 19.2 Å². The summed E-state index contributed by atoms with van der Waals surface area (Å²) in [5, 5.41) is 0. The number of amides is 1. The van der Waals surface area contributed by atoms with Gasteiger partial charge in [-0.1, -0.05) is 13.3 Å². The summed E-state index contributed by atoms with van der Waals surface area (Å²) in [6, 6.07) is 1.86. The van der Waals surface area contributed by atoms with Crippen LogP contribution in [0.2, 0.25) is 0 Å². The summed E-state index contributed by atoms with van der Waals surface area (Å²) < 4.78 is 1.91. The first-order valence-electron chi connectivity index (χ1n) is 4.76. The van der Waals surface area contributed by atoms with Crippen LogP contribution in [0.1, 0.15) is 29.4 Å². The molecule has 5 heteroatoms. The van der Waals surface area contributed by atoms with Gasteiger partial charge in [-0.15, -0.1) is 11.3 Å². The van der Waals surface area contributed by atoms with E-state index in [1.807, 2.05) is 13.1 Å². The molecule has 0 atom stereocenters. The molecular weight excluding hydrogens is 342 g/mol. The Hall–Kier alpha value is 0.130. The van der Waals surface area contributed by atoms with Gasteiger partial charge in [-0.25, -0.2) is 0 Å². The normalized spacial score (nSPS) is 10.4. The quantitative estimate of drug-likeness (QED) is 0.795. The second kappa shape index (κ2) is 6.01. The van der Waals surface area contributed by atoms with Crippen LogP contribution >= 0.6 is 43.2 Å². The summed E-state index contributed by atoms with van der Waals surface area (Å²) in [6.45, 7) is 2.94. The van der Waals surface area contributed by atoms with E-state index in [4.69, 9.17) is 0 Å². The molecule has 0 saturated carbocycles. The highest BCUT2D eigenvalue weighted by Crippen LogP contribution is 2.32. The molecule has 1 amide bonds. The van der Waals surface area contributed by atoms with E-state index in [2.05, 4.69) is 38.8 Å². The maximum atomic E-state index is 11.9. The molecule has 1 heterocycles. The van der Waals surface area contributed by atoms with Crippen LogP contribution in [0.3, 0.4) is 0 Å². The Bertz CT molecular complexity index is 332. The maximum absolute atomic E-state index is 11.9. The molecule has 0 bridgehead atoms. The molecule has 2 nitrogen and oxygen atoms in total. The number of carbonyl (C=O) groups excluding carboxylic acids is 1. The van der Waals surface area contributed by atoms with Crippen molar-refractivity contribution in [3.63, 3.8) is 0 Å². The zero-order valence-electron chi connectivity index (χ0n) is 8.72. The molecule has 0 N–H and O–H groups in total. The lowest BCUT2D eigenvalue weighted by molar-refractivity contribution is 0.0798. The van der Waals surface area contributed by atoms with E-state index >= 15 is 0 Å². The number of hydrogen-bond acceptors (Lipinski definition) is 2. The van der Waals surface area contributed by atoms with Crippen LogP contribution in [-0.4, -0.2) is 24.4 Å². The summed E-state index contributed by atoms with van der Waals surface area (Å²) in [5.74, 6) is 0.0971. The van der Waals surface area contributed by atoms with E-state index in [-0.39, 0.29) is 5.91 Å². The number of nitrogens with zero attached hydrogens (tertiary/aromatic N) is 1. The van der Waals surface area contributed by atoms with Gasteiger partial charge in [-0.2, -0.15) is 0 Å². The SMILES string of the molecule is CCCCN(C)C(=O)c1cc(Br)c(Br)s1. The van der Waals surface area contributed by atoms with Crippen LogP contribution < -0.4 is 0 Å². The predicted molar refractivity (Wildman–Crippen MR) is 71.6 cm³/mol. The summed E-state index contributed by atoms with van der Waals surface area (Å²) in [4.78, 5) is 14.5. The molecule has 0 aliphatic carbocycles. The van der Waals surface area contributed by atoms with Crippen molar-refractivity contribution in [3.8, 4) is 0 Å². The minimum Gasteiger partial charge on any atom is -0.341 e. The average molecular weight is 355 g/mol. The highest BCUT2D eigenvalue weighted by Gasteiger charge is 2.15. The molecule has 0 aliphatic heterocycles. The van der Waals surface area contributed by atoms with E-state index in [1.54, 1.807) is 4.90 Å². The van der Waals surface area contributed by atoms with Crippen molar-refractivity contribution in [2.24, 2.45) is 0 Å². The summed E-state index contributed by atoms with van der Waals surface area (Å²) in [5.41, 5.74) is 0. The molecule has 1 aromatic rings. The highest BCUT2D eigenvalue weighted by molar-refractivity contribution is 9.13. The van der Waals surface area contributed by atoms with E-state index in [1.165, 1.54) is 11.3 Å². The number of hydrogen-bond donors (Lipinski definition) is 0. The average Bonchev–Trinajstić information content (AvgIpc) is 2.54. The number of carbonyl (C=O) groups is 1.